The van der Waals surface area contributed by atoms with E-state index in [-0.39, 0.29) is 11.5 Å². The quantitative estimate of drug-likeness (QED) is 0.559. The molecule has 4 aromatic rings. The molecule has 28 heavy (non-hydrogen) atoms. The van der Waals surface area contributed by atoms with Crippen LogP contribution in [-0.4, -0.2) is 22.0 Å². The third kappa shape index (κ3) is 3.36. The Balaban J connectivity index is 1.50. The normalized spacial score (nSPS) is 11.0. The first-order valence-electron chi connectivity index (χ1n) is 9.20. The van der Waals surface area contributed by atoms with Gasteiger partial charge in [-0.2, -0.15) is 0 Å². The van der Waals surface area contributed by atoms with Crippen LogP contribution in [0.3, 0.4) is 0 Å². The molecule has 0 atom stereocenters. The van der Waals surface area contributed by atoms with Crippen LogP contribution in [-0.2, 0) is 11.3 Å². The highest BCUT2D eigenvalue weighted by Crippen LogP contribution is 2.18. The molecule has 0 spiro atoms. The highest BCUT2D eigenvalue weighted by atomic mass is 16.5. The zero-order valence-electron chi connectivity index (χ0n) is 15.6. The van der Waals surface area contributed by atoms with Gasteiger partial charge in [0, 0.05) is 30.9 Å². The fourth-order valence-electron chi connectivity index (χ4n) is 3.45. The third-order valence-corrected chi connectivity index (χ3v) is 4.78. The summed E-state index contributed by atoms with van der Waals surface area (Å²) in [5, 5.41) is 2.87. The number of aryl methyl sites for hydroxylation is 1. The smallest absolute Gasteiger partial charge is 0.275 e. The Morgan fingerprint density at radius 2 is 1.79 bits per heavy atom. The van der Waals surface area contributed by atoms with E-state index in [1.54, 1.807) is 17.7 Å². The number of methoxy groups -OCH3 is 1. The maximum Gasteiger partial charge on any atom is 0.275 e. The van der Waals surface area contributed by atoms with Crippen LogP contribution in [0.2, 0.25) is 0 Å². The Morgan fingerprint density at radius 1 is 1.00 bits per heavy atom. The molecule has 0 aliphatic heterocycles. The Hall–Kier alpha value is -3.54. The summed E-state index contributed by atoms with van der Waals surface area (Å²) in [7, 11) is 1.59. The number of carbonyl (C=O) groups is 1. The zero-order chi connectivity index (χ0) is 19.5. The molecule has 0 saturated carbocycles. The van der Waals surface area contributed by atoms with Crippen LogP contribution < -0.4 is 15.6 Å². The van der Waals surface area contributed by atoms with Crippen molar-refractivity contribution in [3.05, 3.63) is 77.2 Å². The van der Waals surface area contributed by atoms with Crippen LogP contribution in [0, 0.1) is 0 Å². The van der Waals surface area contributed by atoms with Gasteiger partial charge in [-0.25, -0.2) is 0 Å². The first-order valence-corrected chi connectivity index (χ1v) is 9.20. The van der Waals surface area contributed by atoms with Crippen LogP contribution in [0.15, 0.2) is 71.7 Å². The Morgan fingerprint density at radius 3 is 2.61 bits per heavy atom. The number of amides is 1. The molecule has 2 aromatic carbocycles. The number of nitrogens with one attached hydrogen (secondary N) is 1. The number of ether oxygens (including phenoxy) is 1. The van der Waals surface area contributed by atoms with Crippen molar-refractivity contribution >= 4 is 28.1 Å². The molecular formula is C22H21N3O3. The van der Waals surface area contributed by atoms with E-state index in [4.69, 9.17) is 4.74 Å². The molecule has 6 nitrogen and oxygen atoms in total. The minimum atomic E-state index is -0.0885. The second kappa shape index (κ2) is 7.60. The topological polar surface area (TPSA) is 64.7 Å². The maximum absolute atomic E-state index is 12.9. The molecule has 0 aliphatic carbocycles. The number of hydrogen-bond donors (Lipinski definition) is 1. The van der Waals surface area contributed by atoms with Crippen molar-refractivity contribution in [2.75, 3.05) is 12.4 Å². The van der Waals surface area contributed by atoms with Gasteiger partial charge in [0.15, 0.2) is 0 Å². The summed E-state index contributed by atoms with van der Waals surface area (Å²) < 4.78 is 8.83. The summed E-state index contributed by atoms with van der Waals surface area (Å²) in [5.74, 6) is 0.602. The zero-order valence-corrected chi connectivity index (χ0v) is 15.6. The highest BCUT2D eigenvalue weighted by Gasteiger charge is 2.11. The van der Waals surface area contributed by atoms with Gasteiger partial charge in [0.2, 0.25) is 5.91 Å². The number of nitrogens with zero attached hydrogens (tertiary/aromatic N) is 2. The molecule has 4 rings (SSSR count). The predicted octanol–water partition coefficient (Wildman–Crippen LogP) is 3.68. The molecule has 0 fully saturated rings. The summed E-state index contributed by atoms with van der Waals surface area (Å²) in [5.41, 5.74) is 3.13. The standard InChI is InChI=1S/C22H21N3O3/c1-28-17-8-4-7-16(15-17)23-21(26)12-6-14-25-19-10-3-2-9-18(19)24-13-5-11-20(24)22(25)27/h2-5,7-11,13,15H,6,12,14H2,1H3,(H,23,26). The van der Waals surface area contributed by atoms with E-state index in [2.05, 4.69) is 5.32 Å². The molecular weight excluding hydrogens is 354 g/mol. The Kier molecular flexibility index (Phi) is 4.85. The Labute approximate surface area is 162 Å². The predicted molar refractivity (Wildman–Crippen MR) is 110 cm³/mol. The first-order chi connectivity index (χ1) is 13.7. The molecule has 0 unspecified atom stereocenters. The first kappa shape index (κ1) is 17.9. The van der Waals surface area contributed by atoms with E-state index in [0.29, 0.717) is 36.3 Å². The number of hydrogen-bond acceptors (Lipinski definition) is 3. The molecule has 2 heterocycles. The average Bonchev–Trinajstić information content (AvgIpc) is 3.21. The van der Waals surface area contributed by atoms with Gasteiger partial charge in [-0.1, -0.05) is 18.2 Å². The molecule has 2 aromatic heterocycles. The van der Waals surface area contributed by atoms with Crippen molar-refractivity contribution in [3.63, 3.8) is 0 Å². The van der Waals surface area contributed by atoms with E-state index in [9.17, 15) is 9.59 Å². The number of rotatable bonds is 6. The summed E-state index contributed by atoms with van der Waals surface area (Å²) in [6.07, 6.45) is 2.78. The summed E-state index contributed by atoms with van der Waals surface area (Å²) in [6.45, 7) is 0.479. The second-order valence-electron chi connectivity index (χ2n) is 6.59. The molecule has 1 N–H and O–H groups in total. The fourth-order valence-corrected chi connectivity index (χ4v) is 3.45. The van der Waals surface area contributed by atoms with Gasteiger partial charge in [0.05, 0.1) is 18.1 Å². The van der Waals surface area contributed by atoms with E-state index >= 15 is 0 Å². The second-order valence-corrected chi connectivity index (χ2v) is 6.59. The van der Waals surface area contributed by atoms with Crippen molar-refractivity contribution < 1.29 is 9.53 Å². The molecule has 142 valence electrons. The van der Waals surface area contributed by atoms with Crippen molar-refractivity contribution in [2.24, 2.45) is 0 Å². The van der Waals surface area contributed by atoms with Crippen LogP contribution in [0.4, 0.5) is 5.69 Å². The molecule has 0 aliphatic rings. The fraction of sp³-hybridized carbons (Fsp3) is 0.182. The minimum absolute atomic E-state index is 0.0445. The third-order valence-electron chi connectivity index (χ3n) is 4.78. The van der Waals surface area contributed by atoms with Crippen LogP contribution in [0.25, 0.3) is 16.6 Å². The summed E-state index contributed by atoms with van der Waals surface area (Å²) in [6, 6.07) is 18.7. The van der Waals surface area contributed by atoms with Crippen molar-refractivity contribution in [3.8, 4) is 5.75 Å². The van der Waals surface area contributed by atoms with Crippen molar-refractivity contribution in [1.82, 2.24) is 8.97 Å². The highest BCUT2D eigenvalue weighted by molar-refractivity contribution is 5.90. The van der Waals surface area contributed by atoms with E-state index in [1.807, 2.05) is 65.2 Å². The van der Waals surface area contributed by atoms with Crippen molar-refractivity contribution in [1.29, 1.82) is 0 Å². The minimum Gasteiger partial charge on any atom is -0.497 e. The van der Waals surface area contributed by atoms with Crippen LogP contribution in [0.1, 0.15) is 12.8 Å². The Bertz CT molecular complexity index is 1210. The van der Waals surface area contributed by atoms with Gasteiger partial charge in [0.1, 0.15) is 11.3 Å². The van der Waals surface area contributed by atoms with Gasteiger partial charge >= 0.3 is 0 Å². The molecule has 0 saturated heterocycles. The number of anilines is 1. The lowest BCUT2D eigenvalue weighted by molar-refractivity contribution is -0.116. The van der Waals surface area contributed by atoms with Crippen LogP contribution >= 0.6 is 0 Å². The molecule has 0 bridgehead atoms. The maximum atomic E-state index is 12.9. The molecule has 0 radical (unpaired) electrons. The lowest BCUT2D eigenvalue weighted by atomic mass is 10.2. The SMILES string of the molecule is COc1cccc(NC(=O)CCCn2c(=O)c3cccn3c3ccccc32)c1. The monoisotopic (exact) mass is 375 g/mol. The average molecular weight is 375 g/mol. The number of carbonyl (C=O) groups excluding carboxylic acids is 1. The van der Waals surface area contributed by atoms with E-state index < -0.39 is 0 Å². The van der Waals surface area contributed by atoms with E-state index in [1.165, 1.54) is 0 Å². The van der Waals surface area contributed by atoms with Crippen molar-refractivity contribution in [2.45, 2.75) is 19.4 Å². The number of aromatic nitrogens is 2. The van der Waals surface area contributed by atoms with Gasteiger partial charge in [-0.15, -0.1) is 0 Å². The van der Waals surface area contributed by atoms with Gasteiger partial charge in [0.25, 0.3) is 5.56 Å². The molecule has 1 amide bonds. The number of benzene rings is 2. The van der Waals surface area contributed by atoms with Gasteiger partial charge in [-0.05, 0) is 42.8 Å². The summed E-state index contributed by atoms with van der Waals surface area (Å²) in [4.78, 5) is 25.1. The largest absolute Gasteiger partial charge is 0.497 e. The lowest BCUT2D eigenvalue weighted by Gasteiger charge is -2.12. The lowest BCUT2D eigenvalue weighted by Crippen LogP contribution is -2.23. The van der Waals surface area contributed by atoms with Crippen LogP contribution in [0.5, 0.6) is 5.75 Å². The molecule has 6 heteroatoms. The van der Waals surface area contributed by atoms with Gasteiger partial charge in [-0.3, -0.25) is 9.59 Å². The number of para-hydroxylation sites is 2. The number of fused-ring (bicyclic) bond motifs is 3. The summed E-state index contributed by atoms with van der Waals surface area (Å²) >= 11 is 0. The van der Waals surface area contributed by atoms with Gasteiger partial charge < -0.3 is 19.0 Å². The van der Waals surface area contributed by atoms with E-state index in [0.717, 1.165) is 11.0 Å².